The fourth-order valence-corrected chi connectivity index (χ4v) is 1.86. The molecule has 0 saturated carbocycles. The highest BCUT2D eigenvalue weighted by Gasteiger charge is 2.29. The summed E-state index contributed by atoms with van der Waals surface area (Å²) in [7, 11) is 0. The van der Waals surface area contributed by atoms with Gasteiger partial charge in [-0.25, -0.2) is 8.78 Å². The molecule has 1 saturated heterocycles. The maximum absolute atomic E-state index is 13.3. The van der Waals surface area contributed by atoms with Gasteiger partial charge in [0.2, 0.25) is 0 Å². The molecule has 0 radical (unpaired) electrons. The van der Waals surface area contributed by atoms with Gasteiger partial charge in [0.05, 0.1) is 0 Å². The molecule has 0 amide bonds. The summed E-state index contributed by atoms with van der Waals surface area (Å²) in [4.78, 5) is 2.20. The molecule has 14 heavy (non-hydrogen) atoms. The minimum atomic E-state index is -0.738. The van der Waals surface area contributed by atoms with E-state index in [1.807, 2.05) is 0 Å². The van der Waals surface area contributed by atoms with E-state index in [0.29, 0.717) is 5.56 Å². The van der Waals surface area contributed by atoms with Gasteiger partial charge in [0.25, 0.3) is 0 Å². The van der Waals surface area contributed by atoms with Crippen molar-refractivity contribution < 1.29 is 8.78 Å². The normalized spacial score (nSPS) is 18.2. The zero-order valence-electron chi connectivity index (χ0n) is 8.13. The molecule has 1 aromatic carbocycles. The van der Waals surface area contributed by atoms with Gasteiger partial charge in [0, 0.05) is 19.0 Å². The summed E-state index contributed by atoms with van der Waals surface area (Å²) in [5, 5.41) is 0. The summed E-state index contributed by atoms with van der Waals surface area (Å²) >= 11 is 0. The second kappa shape index (κ2) is 3.65. The molecular formula is C11H13F2N. The Morgan fingerprint density at radius 3 is 2.71 bits per heavy atom. The smallest absolute Gasteiger partial charge is 0.162 e. The number of hydrogen-bond donors (Lipinski definition) is 0. The average Bonchev–Trinajstić information content (AvgIpc) is 2.10. The fraction of sp³-hybridized carbons (Fsp3) is 0.455. The van der Waals surface area contributed by atoms with Crippen molar-refractivity contribution in [3.8, 4) is 0 Å². The molecule has 0 aliphatic carbocycles. The summed E-state index contributed by atoms with van der Waals surface area (Å²) in [6, 6.07) is 4.41. The minimum Gasteiger partial charge on any atom is -0.302 e. The molecule has 1 nitrogen and oxygen atoms in total. The van der Waals surface area contributed by atoms with E-state index < -0.39 is 11.6 Å². The van der Waals surface area contributed by atoms with Crippen LogP contribution >= 0.6 is 0 Å². The number of halogens is 2. The molecule has 1 aromatic rings. The van der Waals surface area contributed by atoms with E-state index in [2.05, 4.69) is 11.8 Å². The zero-order valence-corrected chi connectivity index (χ0v) is 8.13. The van der Waals surface area contributed by atoms with E-state index in [4.69, 9.17) is 0 Å². The van der Waals surface area contributed by atoms with Crippen molar-refractivity contribution >= 4 is 0 Å². The highest BCUT2D eigenvalue weighted by molar-refractivity contribution is 5.25. The SMILES string of the molecule is CCN1CC(c2cccc(F)c2F)C1. The van der Waals surface area contributed by atoms with Crippen LogP contribution in [0, 0.1) is 11.6 Å². The molecule has 0 unspecified atom stereocenters. The van der Waals surface area contributed by atoms with Crippen molar-refractivity contribution in [3.05, 3.63) is 35.4 Å². The lowest BCUT2D eigenvalue weighted by atomic mass is 9.91. The van der Waals surface area contributed by atoms with Crippen molar-refractivity contribution in [2.75, 3.05) is 19.6 Å². The molecule has 1 aliphatic rings. The van der Waals surface area contributed by atoms with Crippen molar-refractivity contribution in [2.45, 2.75) is 12.8 Å². The molecule has 0 aromatic heterocycles. The van der Waals surface area contributed by atoms with Gasteiger partial charge >= 0.3 is 0 Å². The van der Waals surface area contributed by atoms with Crippen LogP contribution in [0.4, 0.5) is 8.78 Å². The number of hydrogen-bond acceptors (Lipinski definition) is 1. The van der Waals surface area contributed by atoms with Crippen LogP contribution in [0.15, 0.2) is 18.2 Å². The Morgan fingerprint density at radius 1 is 1.36 bits per heavy atom. The minimum absolute atomic E-state index is 0.172. The second-order valence-corrected chi connectivity index (χ2v) is 3.69. The third-order valence-corrected chi connectivity index (χ3v) is 2.83. The topological polar surface area (TPSA) is 3.24 Å². The van der Waals surface area contributed by atoms with E-state index >= 15 is 0 Å². The standard InChI is InChI=1S/C11H13F2N/c1-2-14-6-8(7-14)9-4-3-5-10(12)11(9)13/h3-5,8H,2,6-7H2,1H3. The highest BCUT2D eigenvalue weighted by Crippen LogP contribution is 2.29. The number of likely N-dealkylation sites (tertiary alicyclic amines) is 1. The van der Waals surface area contributed by atoms with Gasteiger partial charge in [-0.2, -0.15) is 0 Å². The predicted molar refractivity (Wildman–Crippen MR) is 51.2 cm³/mol. The van der Waals surface area contributed by atoms with Gasteiger partial charge in [-0.1, -0.05) is 19.1 Å². The van der Waals surface area contributed by atoms with Gasteiger partial charge in [-0.3, -0.25) is 0 Å². The first-order valence-electron chi connectivity index (χ1n) is 4.88. The predicted octanol–water partition coefficient (Wildman–Crippen LogP) is 2.38. The molecule has 0 bridgehead atoms. The summed E-state index contributed by atoms with van der Waals surface area (Å²) in [6.07, 6.45) is 0. The summed E-state index contributed by atoms with van der Waals surface area (Å²) in [5.74, 6) is -1.24. The maximum Gasteiger partial charge on any atom is 0.162 e. The monoisotopic (exact) mass is 197 g/mol. The van der Waals surface area contributed by atoms with Gasteiger partial charge in [0.1, 0.15) is 0 Å². The Balaban J connectivity index is 2.14. The van der Waals surface area contributed by atoms with Crippen LogP contribution < -0.4 is 0 Å². The van der Waals surface area contributed by atoms with Crippen LogP contribution in [0.5, 0.6) is 0 Å². The molecule has 1 heterocycles. The van der Waals surface area contributed by atoms with Crippen LogP contribution in [0.3, 0.4) is 0 Å². The molecular weight excluding hydrogens is 184 g/mol. The highest BCUT2D eigenvalue weighted by atomic mass is 19.2. The molecule has 1 aliphatic heterocycles. The first-order chi connectivity index (χ1) is 6.72. The Kier molecular flexibility index (Phi) is 2.50. The molecule has 76 valence electrons. The quantitative estimate of drug-likeness (QED) is 0.703. The second-order valence-electron chi connectivity index (χ2n) is 3.69. The maximum atomic E-state index is 13.3. The van der Waals surface area contributed by atoms with Gasteiger partial charge in [-0.15, -0.1) is 0 Å². The third kappa shape index (κ3) is 1.52. The summed E-state index contributed by atoms with van der Waals surface area (Å²) in [6.45, 7) is 4.74. The van der Waals surface area contributed by atoms with E-state index in [0.717, 1.165) is 25.7 Å². The molecule has 0 spiro atoms. The van der Waals surface area contributed by atoms with Crippen LogP contribution in [0.2, 0.25) is 0 Å². The lowest BCUT2D eigenvalue weighted by molar-refractivity contribution is 0.154. The lowest BCUT2D eigenvalue weighted by Crippen LogP contribution is -2.44. The summed E-state index contributed by atoms with van der Waals surface area (Å²) < 4.78 is 26.2. The molecule has 2 rings (SSSR count). The van der Waals surface area contributed by atoms with Crippen molar-refractivity contribution in [2.24, 2.45) is 0 Å². The first kappa shape index (κ1) is 9.59. The average molecular weight is 197 g/mol. The van der Waals surface area contributed by atoms with Gasteiger partial charge in [0.15, 0.2) is 11.6 Å². The lowest BCUT2D eigenvalue weighted by Gasteiger charge is -2.38. The molecule has 3 heteroatoms. The third-order valence-electron chi connectivity index (χ3n) is 2.83. The largest absolute Gasteiger partial charge is 0.302 e. The number of rotatable bonds is 2. The van der Waals surface area contributed by atoms with Crippen LogP contribution in [0.25, 0.3) is 0 Å². The van der Waals surface area contributed by atoms with Crippen molar-refractivity contribution in [1.82, 2.24) is 4.90 Å². The van der Waals surface area contributed by atoms with Gasteiger partial charge < -0.3 is 4.90 Å². The Morgan fingerprint density at radius 2 is 2.07 bits per heavy atom. The van der Waals surface area contributed by atoms with Gasteiger partial charge in [-0.05, 0) is 18.2 Å². The Hall–Kier alpha value is -0.960. The number of benzene rings is 1. The van der Waals surface area contributed by atoms with Crippen molar-refractivity contribution in [1.29, 1.82) is 0 Å². The van der Waals surface area contributed by atoms with E-state index in [9.17, 15) is 8.78 Å². The Bertz CT molecular complexity index is 332. The molecule has 0 N–H and O–H groups in total. The first-order valence-corrected chi connectivity index (χ1v) is 4.88. The van der Waals surface area contributed by atoms with Crippen molar-refractivity contribution in [3.63, 3.8) is 0 Å². The Labute approximate surface area is 82.3 Å². The van der Waals surface area contributed by atoms with Crippen LogP contribution in [-0.2, 0) is 0 Å². The number of nitrogens with zero attached hydrogens (tertiary/aromatic N) is 1. The van der Waals surface area contributed by atoms with E-state index in [1.165, 1.54) is 0 Å². The fourth-order valence-electron chi connectivity index (χ4n) is 1.86. The number of likely N-dealkylation sites (N-methyl/N-ethyl adjacent to an activating group) is 1. The van der Waals surface area contributed by atoms with Crippen LogP contribution in [0.1, 0.15) is 18.4 Å². The zero-order chi connectivity index (χ0) is 10.1. The van der Waals surface area contributed by atoms with E-state index in [1.54, 1.807) is 12.1 Å². The molecule has 1 fully saturated rings. The van der Waals surface area contributed by atoms with Crippen LogP contribution in [-0.4, -0.2) is 24.5 Å². The summed E-state index contributed by atoms with van der Waals surface area (Å²) in [5.41, 5.74) is 0.523. The molecule has 0 atom stereocenters. The van der Waals surface area contributed by atoms with E-state index in [-0.39, 0.29) is 5.92 Å².